The Morgan fingerprint density at radius 1 is 1.22 bits per heavy atom. The number of benzene rings is 1. The second kappa shape index (κ2) is 10.0. The molecule has 1 aromatic heterocycles. The predicted molar refractivity (Wildman–Crippen MR) is 145 cm³/mol. The van der Waals surface area contributed by atoms with E-state index in [1.165, 1.54) is 29.6 Å². The fourth-order valence-corrected chi connectivity index (χ4v) is 6.24. The lowest BCUT2D eigenvalue weighted by Crippen LogP contribution is -2.65. The van der Waals surface area contributed by atoms with Gasteiger partial charge < -0.3 is 36.0 Å². The van der Waals surface area contributed by atoms with E-state index < -0.39 is 86.7 Å². The van der Waals surface area contributed by atoms with Gasteiger partial charge in [-0.1, -0.05) is 0 Å². The number of hydrogen-bond acceptors (Lipinski definition) is 9. The fraction of sp³-hybridized carbons (Fsp3) is 0.333. The summed E-state index contributed by atoms with van der Waals surface area (Å²) in [5, 5.41) is 47.1. The second-order valence-corrected chi connectivity index (χ2v) is 10.5. The minimum absolute atomic E-state index is 0. The third kappa shape index (κ3) is 4.11. The maximum atomic E-state index is 15.4. The highest BCUT2D eigenvalue weighted by Crippen LogP contribution is 2.53. The smallest absolute Gasteiger partial charge is 0.272 e. The Morgan fingerprint density at radius 2 is 1.88 bits per heavy atom. The van der Waals surface area contributed by atoms with Crippen molar-refractivity contribution < 1.29 is 44.0 Å². The Balaban J connectivity index is 0.00000387. The van der Waals surface area contributed by atoms with Crippen LogP contribution in [0.3, 0.4) is 0 Å². The van der Waals surface area contributed by atoms with Crippen LogP contribution in [-0.2, 0) is 27.9 Å². The van der Waals surface area contributed by atoms with E-state index in [1.54, 1.807) is 19.3 Å². The van der Waals surface area contributed by atoms with Crippen molar-refractivity contribution >= 4 is 47.2 Å². The van der Waals surface area contributed by atoms with Crippen molar-refractivity contribution in [3.63, 3.8) is 0 Å². The number of halogens is 2. The number of amides is 2. The SMILES string of the molecule is CN(C)[C@@H]1C(=O)C(C(N)=O)=C(O)[C@@]2(O)C(=O)C3=C(O)c4c(O)c(NC(=O)c5cccn5C)cc(F)c4C[C@H]3C[C@@H]12.Cl. The molecule has 0 radical (unpaired) electrons. The molecule has 0 unspecified atom stereocenters. The number of nitrogens with zero attached hydrogens (tertiary/aromatic N) is 2. The number of carbonyl (C=O) groups excluding carboxylic acids is 4. The number of aliphatic hydroxyl groups is 3. The van der Waals surface area contributed by atoms with Crippen LogP contribution in [0.1, 0.15) is 28.0 Å². The molecule has 4 atom stereocenters. The summed E-state index contributed by atoms with van der Waals surface area (Å²) in [7, 11) is 4.57. The third-order valence-corrected chi connectivity index (χ3v) is 8.09. The van der Waals surface area contributed by atoms with Gasteiger partial charge in [0.2, 0.25) is 5.78 Å². The van der Waals surface area contributed by atoms with Crippen molar-refractivity contribution in [1.82, 2.24) is 9.47 Å². The number of fused-ring (bicyclic) bond motifs is 3. The molecule has 3 aliphatic carbocycles. The highest BCUT2D eigenvalue weighted by molar-refractivity contribution is 6.24. The average Bonchev–Trinajstić information content (AvgIpc) is 3.30. The largest absolute Gasteiger partial charge is 0.508 e. The molecule has 1 heterocycles. The number of Topliss-reactive ketones (excluding diaryl/α,β-unsaturated/α-hetero) is 2. The highest BCUT2D eigenvalue weighted by Gasteiger charge is 2.64. The van der Waals surface area contributed by atoms with E-state index >= 15 is 4.39 Å². The van der Waals surface area contributed by atoms with Gasteiger partial charge in [-0.25, -0.2) is 4.39 Å². The molecule has 7 N–H and O–H groups in total. The maximum absolute atomic E-state index is 15.4. The molecule has 14 heteroatoms. The molecular weight excluding hydrogens is 563 g/mol. The summed E-state index contributed by atoms with van der Waals surface area (Å²) in [5.74, 6) is -9.98. The Morgan fingerprint density at radius 3 is 2.44 bits per heavy atom. The van der Waals surface area contributed by atoms with Gasteiger partial charge in [0, 0.05) is 36.4 Å². The van der Waals surface area contributed by atoms with Gasteiger partial charge in [0.25, 0.3) is 11.8 Å². The second-order valence-electron chi connectivity index (χ2n) is 10.5. The number of carbonyl (C=O) groups is 4. The molecular formula is C27H28ClFN4O8. The van der Waals surface area contributed by atoms with Gasteiger partial charge in [-0.05, 0) is 45.0 Å². The van der Waals surface area contributed by atoms with Crippen LogP contribution in [0.2, 0.25) is 0 Å². The number of rotatable bonds is 4. The monoisotopic (exact) mass is 590 g/mol. The number of ketones is 2. The number of phenols is 1. The van der Waals surface area contributed by atoms with E-state index in [0.29, 0.717) is 0 Å². The number of primary amides is 1. The van der Waals surface area contributed by atoms with Crippen molar-refractivity contribution in [3.8, 4) is 5.75 Å². The average molecular weight is 591 g/mol. The molecule has 0 aliphatic heterocycles. The number of hydrogen-bond donors (Lipinski definition) is 6. The van der Waals surface area contributed by atoms with Gasteiger partial charge in [-0.15, -0.1) is 12.4 Å². The standard InChI is InChI=1S/C27H27FN4O8.ClH/c1-31(2)19-12-8-10-7-11-13(28)9-14(30-26(39)15-5-4-6-32(15)3)20(33)17(11)21(34)16(10)23(36)27(12,40)24(37)18(22(19)35)25(29)38;/h4-6,9-10,12,19,33-34,37,40H,7-8H2,1-3H3,(H2,29,38)(H,30,39);1H/t10-,12-,19-,27-;/m0./s1. The summed E-state index contributed by atoms with van der Waals surface area (Å²) in [5.41, 5.74) is 0.373. The third-order valence-electron chi connectivity index (χ3n) is 8.09. The molecule has 2 aromatic rings. The molecule has 218 valence electrons. The summed E-state index contributed by atoms with van der Waals surface area (Å²) in [4.78, 5) is 53.1. The summed E-state index contributed by atoms with van der Waals surface area (Å²) >= 11 is 0. The summed E-state index contributed by atoms with van der Waals surface area (Å²) < 4.78 is 16.9. The van der Waals surface area contributed by atoms with Gasteiger partial charge in [0.05, 0.1) is 17.3 Å². The minimum atomic E-state index is -2.81. The highest BCUT2D eigenvalue weighted by atomic mass is 35.5. The first-order chi connectivity index (χ1) is 18.7. The van der Waals surface area contributed by atoms with Crippen LogP contribution >= 0.6 is 12.4 Å². The molecule has 3 aliphatic rings. The molecule has 2 amide bonds. The van der Waals surface area contributed by atoms with E-state index in [2.05, 4.69) is 5.32 Å². The number of nitrogens with two attached hydrogens (primary N) is 1. The summed E-state index contributed by atoms with van der Waals surface area (Å²) in [6, 6.07) is 2.76. The zero-order valence-corrected chi connectivity index (χ0v) is 23.0. The quantitative estimate of drug-likeness (QED) is 0.223. The summed E-state index contributed by atoms with van der Waals surface area (Å²) in [6.07, 6.45) is 1.23. The van der Waals surface area contributed by atoms with Crippen LogP contribution in [0.25, 0.3) is 5.76 Å². The molecule has 1 aromatic carbocycles. The van der Waals surface area contributed by atoms with Gasteiger partial charge in [0.15, 0.2) is 17.1 Å². The fourth-order valence-electron chi connectivity index (χ4n) is 6.24. The lowest BCUT2D eigenvalue weighted by Gasteiger charge is -2.50. The molecule has 5 rings (SSSR count). The zero-order chi connectivity index (χ0) is 29.4. The first kappa shape index (κ1) is 29.8. The number of aromatic hydroxyl groups is 1. The van der Waals surface area contributed by atoms with Crippen LogP contribution in [0.5, 0.6) is 5.75 Å². The zero-order valence-electron chi connectivity index (χ0n) is 22.1. The number of aromatic nitrogens is 1. The molecule has 0 saturated heterocycles. The van der Waals surface area contributed by atoms with E-state index in [1.807, 2.05) is 0 Å². The van der Waals surface area contributed by atoms with Crippen molar-refractivity contribution in [3.05, 3.63) is 63.9 Å². The van der Waals surface area contributed by atoms with Crippen LogP contribution in [0.15, 0.2) is 41.3 Å². The molecule has 1 saturated carbocycles. The van der Waals surface area contributed by atoms with Crippen LogP contribution in [-0.4, -0.2) is 79.0 Å². The number of anilines is 1. The van der Waals surface area contributed by atoms with Gasteiger partial charge in [0.1, 0.15) is 28.6 Å². The lowest BCUT2D eigenvalue weighted by atomic mass is 9.57. The summed E-state index contributed by atoms with van der Waals surface area (Å²) in [6.45, 7) is 0. The van der Waals surface area contributed by atoms with Gasteiger partial charge >= 0.3 is 0 Å². The number of aliphatic hydroxyl groups excluding tert-OH is 2. The van der Waals surface area contributed by atoms with Crippen molar-refractivity contribution in [2.45, 2.75) is 24.5 Å². The van der Waals surface area contributed by atoms with Gasteiger partial charge in [-0.3, -0.25) is 24.1 Å². The molecule has 0 bridgehead atoms. The minimum Gasteiger partial charge on any atom is -0.508 e. The Labute approximate surface area is 239 Å². The maximum Gasteiger partial charge on any atom is 0.272 e. The first-order valence-electron chi connectivity index (χ1n) is 12.3. The van der Waals surface area contributed by atoms with E-state index in [4.69, 9.17) is 5.73 Å². The predicted octanol–water partition coefficient (Wildman–Crippen LogP) is 1.12. The molecule has 0 spiro atoms. The van der Waals surface area contributed by atoms with Gasteiger partial charge in [-0.2, -0.15) is 0 Å². The van der Waals surface area contributed by atoms with E-state index in [-0.39, 0.29) is 42.2 Å². The first-order valence-corrected chi connectivity index (χ1v) is 12.3. The van der Waals surface area contributed by atoms with Crippen LogP contribution < -0.4 is 11.1 Å². The number of phenolic OH excluding ortho intramolecular Hbond substituents is 1. The van der Waals surface area contributed by atoms with E-state index in [0.717, 1.165) is 6.07 Å². The topological polar surface area (TPSA) is 195 Å². The number of nitrogens with one attached hydrogen (secondary N) is 1. The van der Waals surface area contributed by atoms with Crippen molar-refractivity contribution in [2.75, 3.05) is 19.4 Å². The molecule has 1 fully saturated rings. The van der Waals surface area contributed by atoms with E-state index in [9.17, 15) is 39.6 Å². The Hall–Kier alpha value is -4.20. The normalized spacial score (nSPS) is 25.4. The molecule has 12 nitrogen and oxygen atoms in total. The number of likely N-dealkylation sites (N-methyl/N-ethyl adjacent to an activating group) is 1. The van der Waals surface area contributed by atoms with Crippen molar-refractivity contribution in [2.24, 2.45) is 24.6 Å². The van der Waals surface area contributed by atoms with Crippen molar-refractivity contribution in [1.29, 1.82) is 0 Å². The van der Waals surface area contributed by atoms with Crippen LogP contribution in [0, 0.1) is 17.7 Å². The van der Waals surface area contributed by atoms with Crippen LogP contribution in [0.4, 0.5) is 10.1 Å². The lowest BCUT2D eigenvalue weighted by molar-refractivity contribution is -0.153. The Kier molecular flexibility index (Phi) is 7.27. The number of aryl methyl sites for hydroxylation is 1. The molecule has 41 heavy (non-hydrogen) atoms. The Bertz CT molecular complexity index is 1600.